The second kappa shape index (κ2) is 9.26. The molecule has 0 saturated heterocycles. The maximum atomic E-state index is 12.1. The number of nitrogens with zero attached hydrogens (tertiary/aromatic N) is 1. The van der Waals surface area contributed by atoms with Crippen LogP contribution in [0.25, 0.3) is 0 Å². The summed E-state index contributed by atoms with van der Waals surface area (Å²) in [6, 6.07) is 8.04. The van der Waals surface area contributed by atoms with Gasteiger partial charge in [0.25, 0.3) is 0 Å². The molecule has 24 heavy (non-hydrogen) atoms. The lowest BCUT2D eigenvalue weighted by atomic mass is 9.97. The van der Waals surface area contributed by atoms with Crippen LogP contribution in [0.2, 0.25) is 0 Å². The second-order valence-electron chi connectivity index (χ2n) is 6.57. The summed E-state index contributed by atoms with van der Waals surface area (Å²) in [5.74, 6) is -0.172. The highest BCUT2D eigenvalue weighted by Gasteiger charge is 2.14. The zero-order valence-corrected chi connectivity index (χ0v) is 14.8. The summed E-state index contributed by atoms with van der Waals surface area (Å²) < 4.78 is 0. The van der Waals surface area contributed by atoms with Gasteiger partial charge in [0.2, 0.25) is 11.8 Å². The second-order valence-corrected chi connectivity index (χ2v) is 6.57. The minimum Gasteiger partial charge on any atom is -0.354 e. The summed E-state index contributed by atoms with van der Waals surface area (Å²) in [4.78, 5) is 25.5. The molecule has 2 rings (SSSR count). The van der Waals surface area contributed by atoms with Gasteiger partial charge in [-0.1, -0.05) is 41.5 Å². The number of hydrogen-bond donors (Lipinski definition) is 1. The number of hydrogen-bond acceptors (Lipinski definition) is 2. The van der Waals surface area contributed by atoms with Gasteiger partial charge in [-0.2, -0.15) is 0 Å². The predicted molar refractivity (Wildman–Crippen MR) is 96.4 cm³/mol. The number of amides is 2. The molecule has 1 aromatic rings. The smallest absolute Gasteiger partial charge is 0.239 e. The molecule has 130 valence electrons. The monoisotopic (exact) mass is 328 g/mol. The molecule has 0 atom stereocenters. The highest BCUT2D eigenvalue weighted by atomic mass is 16.2. The van der Waals surface area contributed by atoms with Crippen molar-refractivity contribution in [2.45, 2.75) is 52.5 Å². The molecule has 1 aliphatic rings. The lowest BCUT2D eigenvalue weighted by Crippen LogP contribution is -2.39. The van der Waals surface area contributed by atoms with Crippen LogP contribution in [-0.4, -0.2) is 29.8 Å². The third-order valence-electron chi connectivity index (χ3n) is 4.43. The Hall–Kier alpha value is -2.10. The lowest BCUT2D eigenvalue weighted by molar-refractivity contribution is -0.134. The van der Waals surface area contributed by atoms with Crippen LogP contribution >= 0.6 is 0 Å². The Balaban J connectivity index is 1.78. The average Bonchev–Trinajstić information content (AvgIpc) is 2.57. The lowest BCUT2D eigenvalue weighted by Gasteiger charge is -2.21. The van der Waals surface area contributed by atoms with E-state index in [0.717, 1.165) is 24.8 Å². The highest BCUT2D eigenvalue weighted by molar-refractivity contribution is 5.83. The summed E-state index contributed by atoms with van der Waals surface area (Å²) in [5, 5.41) is 2.94. The Labute approximate surface area is 144 Å². The molecule has 2 amide bonds. The summed E-state index contributed by atoms with van der Waals surface area (Å²) >= 11 is 0. The fourth-order valence-electron chi connectivity index (χ4n) is 2.92. The Morgan fingerprint density at radius 3 is 2.54 bits per heavy atom. The molecule has 0 aromatic heterocycles. The van der Waals surface area contributed by atoms with Gasteiger partial charge in [-0.25, -0.2) is 0 Å². The van der Waals surface area contributed by atoms with Gasteiger partial charge in [-0.15, -0.1) is 0 Å². The minimum absolute atomic E-state index is 0.0827. The van der Waals surface area contributed by atoms with Gasteiger partial charge in [-0.3, -0.25) is 9.59 Å². The van der Waals surface area contributed by atoms with Crippen molar-refractivity contribution in [3.63, 3.8) is 0 Å². The van der Waals surface area contributed by atoms with Crippen LogP contribution < -0.4 is 5.32 Å². The molecule has 0 unspecified atom stereocenters. The van der Waals surface area contributed by atoms with E-state index >= 15 is 0 Å². The van der Waals surface area contributed by atoms with E-state index in [-0.39, 0.29) is 18.4 Å². The molecule has 1 aromatic carbocycles. The van der Waals surface area contributed by atoms with Crippen molar-refractivity contribution < 1.29 is 9.59 Å². The largest absolute Gasteiger partial charge is 0.354 e. The zero-order valence-electron chi connectivity index (χ0n) is 14.8. The summed E-state index contributed by atoms with van der Waals surface area (Å²) in [5.41, 5.74) is 3.67. The van der Waals surface area contributed by atoms with E-state index in [0.29, 0.717) is 13.1 Å². The standard InChI is InChI=1S/C20H28N2O2/c1-16-8-10-19(11-9-16)14-22(17(2)23)15-20(24)21-13-12-18-6-4-3-5-7-18/h6,8-11H,3-5,7,12-15H2,1-2H3,(H,21,24). The van der Waals surface area contributed by atoms with Crippen molar-refractivity contribution in [1.82, 2.24) is 10.2 Å². The van der Waals surface area contributed by atoms with Crippen LogP contribution in [0.3, 0.4) is 0 Å². The number of carbonyl (C=O) groups excluding carboxylic acids is 2. The quantitative estimate of drug-likeness (QED) is 0.780. The first-order valence-corrected chi connectivity index (χ1v) is 8.80. The van der Waals surface area contributed by atoms with Crippen LogP contribution in [0.15, 0.2) is 35.9 Å². The number of nitrogens with one attached hydrogen (secondary N) is 1. The van der Waals surface area contributed by atoms with Crippen LogP contribution in [0.4, 0.5) is 0 Å². The number of rotatable bonds is 7. The van der Waals surface area contributed by atoms with E-state index in [4.69, 9.17) is 0 Å². The van der Waals surface area contributed by atoms with E-state index in [1.165, 1.54) is 30.9 Å². The van der Waals surface area contributed by atoms with Crippen LogP contribution in [0, 0.1) is 6.92 Å². The van der Waals surface area contributed by atoms with Crippen molar-refractivity contribution in [2.75, 3.05) is 13.1 Å². The molecular formula is C20H28N2O2. The first kappa shape index (κ1) is 18.2. The first-order valence-electron chi connectivity index (χ1n) is 8.80. The van der Waals surface area contributed by atoms with Gasteiger partial charge in [0.05, 0.1) is 6.54 Å². The van der Waals surface area contributed by atoms with Gasteiger partial charge in [0, 0.05) is 20.0 Å². The molecule has 0 heterocycles. The van der Waals surface area contributed by atoms with E-state index < -0.39 is 0 Å². The Bertz CT molecular complexity index is 590. The number of benzene rings is 1. The van der Waals surface area contributed by atoms with Gasteiger partial charge in [-0.05, 0) is 44.6 Å². The van der Waals surface area contributed by atoms with Crippen LogP contribution in [0.1, 0.15) is 50.2 Å². The number of aryl methyl sites for hydroxylation is 1. The number of carbonyl (C=O) groups is 2. The SMILES string of the molecule is CC(=O)N(CC(=O)NCCC1=CCCCC1)Cc1ccc(C)cc1. The average molecular weight is 328 g/mol. The molecule has 4 heteroatoms. The highest BCUT2D eigenvalue weighted by Crippen LogP contribution is 2.19. The summed E-state index contributed by atoms with van der Waals surface area (Å²) in [6.07, 6.45) is 8.08. The molecule has 4 nitrogen and oxygen atoms in total. The summed E-state index contributed by atoms with van der Waals surface area (Å²) in [7, 11) is 0. The summed E-state index contributed by atoms with van der Waals surface area (Å²) in [6.45, 7) is 4.77. The molecule has 0 bridgehead atoms. The normalized spacial score (nSPS) is 14.0. The van der Waals surface area contributed by atoms with E-state index in [2.05, 4.69) is 11.4 Å². The molecule has 1 aliphatic carbocycles. The third kappa shape index (κ3) is 6.19. The maximum Gasteiger partial charge on any atom is 0.239 e. The van der Waals surface area contributed by atoms with E-state index in [9.17, 15) is 9.59 Å². The van der Waals surface area contributed by atoms with E-state index in [1.54, 1.807) is 4.90 Å². The third-order valence-corrected chi connectivity index (χ3v) is 4.43. The molecule has 0 spiro atoms. The fourth-order valence-corrected chi connectivity index (χ4v) is 2.92. The minimum atomic E-state index is -0.0891. The molecular weight excluding hydrogens is 300 g/mol. The van der Waals surface area contributed by atoms with Crippen molar-refractivity contribution >= 4 is 11.8 Å². The van der Waals surface area contributed by atoms with Crippen molar-refractivity contribution in [2.24, 2.45) is 0 Å². The Morgan fingerprint density at radius 2 is 1.92 bits per heavy atom. The van der Waals surface area contributed by atoms with Crippen LogP contribution in [0.5, 0.6) is 0 Å². The van der Waals surface area contributed by atoms with Gasteiger partial charge < -0.3 is 10.2 Å². The van der Waals surface area contributed by atoms with Gasteiger partial charge >= 0.3 is 0 Å². The topological polar surface area (TPSA) is 49.4 Å². The van der Waals surface area contributed by atoms with E-state index in [1.807, 2.05) is 31.2 Å². The molecule has 0 aliphatic heterocycles. The first-order chi connectivity index (χ1) is 11.5. The maximum absolute atomic E-state index is 12.1. The zero-order chi connectivity index (χ0) is 17.4. The molecule has 0 fully saturated rings. The Kier molecular flexibility index (Phi) is 7.04. The predicted octanol–water partition coefficient (Wildman–Crippen LogP) is 3.35. The van der Waals surface area contributed by atoms with Crippen molar-refractivity contribution in [3.05, 3.63) is 47.0 Å². The Morgan fingerprint density at radius 1 is 1.17 bits per heavy atom. The van der Waals surface area contributed by atoms with Crippen molar-refractivity contribution in [3.8, 4) is 0 Å². The molecule has 0 radical (unpaired) electrons. The van der Waals surface area contributed by atoms with Crippen LogP contribution in [-0.2, 0) is 16.1 Å². The van der Waals surface area contributed by atoms with Gasteiger partial charge in [0.15, 0.2) is 0 Å². The molecule has 0 saturated carbocycles. The number of allylic oxidation sites excluding steroid dienone is 1. The van der Waals surface area contributed by atoms with Gasteiger partial charge in [0.1, 0.15) is 0 Å². The fraction of sp³-hybridized carbons (Fsp3) is 0.500. The van der Waals surface area contributed by atoms with Crippen molar-refractivity contribution in [1.29, 1.82) is 0 Å². The molecule has 1 N–H and O–H groups in total.